The van der Waals surface area contributed by atoms with Crippen LogP contribution < -0.4 is 10.1 Å². The first-order valence-electron chi connectivity index (χ1n) is 9.01. The SMILES string of the molecule is COc1ccc2nc(NC(=O)COC(=O)CC3CC4CCC3C4)sc2c1. The van der Waals surface area contributed by atoms with Crippen LogP contribution in [-0.2, 0) is 14.3 Å². The summed E-state index contributed by atoms with van der Waals surface area (Å²) in [5.41, 5.74) is 0.791. The van der Waals surface area contributed by atoms with Crippen LogP contribution in [0.15, 0.2) is 18.2 Å². The van der Waals surface area contributed by atoms with E-state index in [9.17, 15) is 9.59 Å². The number of aromatic nitrogens is 1. The highest BCUT2D eigenvalue weighted by atomic mass is 32.1. The van der Waals surface area contributed by atoms with Gasteiger partial charge < -0.3 is 9.47 Å². The molecule has 6 nitrogen and oxygen atoms in total. The molecule has 0 aliphatic heterocycles. The molecule has 1 amide bonds. The minimum Gasteiger partial charge on any atom is -0.497 e. The third-order valence-electron chi connectivity index (χ3n) is 5.52. The Kier molecular flexibility index (Phi) is 4.80. The Hall–Kier alpha value is -2.15. The van der Waals surface area contributed by atoms with Crippen LogP contribution in [-0.4, -0.2) is 30.6 Å². The van der Waals surface area contributed by atoms with Crippen molar-refractivity contribution < 1.29 is 19.1 Å². The molecule has 3 atom stereocenters. The lowest BCUT2D eigenvalue weighted by Crippen LogP contribution is -2.23. The summed E-state index contributed by atoms with van der Waals surface area (Å²) in [6.07, 6.45) is 5.40. The number of nitrogens with one attached hydrogen (secondary N) is 1. The average molecular weight is 374 g/mol. The van der Waals surface area contributed by atoms with Gasteiger partial charge in [0, 0.05) is 6.42 Å². The van der Waals surface area contributed by atoms with E-state index in [1.54, 1.807) is 7.11 Å². The standard InChI is InChI=1S/C19H22N2O4S/c1-24-14-4-5-15-16(9-14)26-19(20-15)21-17(22)10-25-18(23)8-13-7-11-2-3-12(13)6-11/h4-5,9,11-13H,2-3,6-8,10H2,1H3,(H,20,21,22). The number of hydrogen-bond acceptors (Lipinski definition) is 6. The maximum atomic E-state index is 12.0. The van der Waals surface area contributed by atoms with Crippen molar-refractivity contribution in [1.29, 1.82) is 0 Å². The lowest BCUT2D eigenvalue weighted by atomic mass is 9.86. The third kappa shape index (κ3) is 3.67. The maximum absolute atomic E-state index is 12.0. The molecule has 7 heteroatoms. The normalized spacial score (nSPS) is 24.0. The van der Waals surface area contributed by atoms with E-state index in [0.29, 0.717) is 23.4 Å². The van der Waals surface area contributed by atoms with Crippen LogP contribution in [0.5, 0.6) is 5.75 Å². The van der Waals surface area contributed by atoms with E-state index in [4.69, 9.17) is 9.47 Å². The van der Waals surface area contributed by atoms with Crippen molar-refractivity contribution in [1.82, 2.24) is 4.98 Å². The number of thiazole rings is 1. The van der Waals surface area contributed by atoms with E-state index in [-0.39, 0.29) is 18.5 Å². The Morgan fingerprint density at radius 1 is 1.31 bits per heavy atom. The molecule has 4 rings (SSSR count). The summed E-state index contributed by atoms with van der Waals surface area (Å²) in [5.74, 6) is 2.04. The molecule has 2 aliphatic carbocycles. The second kappa shape index (κ2) is 7.23. The third-order valence-corrected chi connectivity index (χ3v) is 6.45. The van der Waals surface area contributed by atoms with Gasteiger partial charge in [-0.1, -0.05) is 17.8 Å². The van der Waals surface area contributed by atoms with Gasteiger partial charge in [0.2, 0.25) is 0 Å². The molecule has 2 aromatic rings. The number of hydrogen-bond donors (Lipinski definition) is 1. The Morgan fingerprint density at radius 2 is 2.19 bits per heavy atom. The summed E-state index contributed by atoms with van der Waals surface area (Å²) in [7, 11) is 1.61. The molecular weight excluding hydrogens is 352 g/mol. The van der Waals surface area contributed by atoms with Crippen LogP contribution in [0.2, 0.25) is 0 Å². The summed E-state index contributed by atoms with van der Waals surface area (Å²) in [4.78, 5) is 28.4. The lowest BCUT2D eigenvalue weighted by Gasteiger charge is -2.20. The van der Waals surface area contributed by atoms with Crippen molar-refractivity contribution in [2.75, 3.05) is 19.0 Å². The van der Waals surface area contributed by atoms with Crippen LogP contribution in [0, 0.1) is 17.8 Å². The minimum absolute atomic E-state index is 0.265. The van der Waals surface area contributed by atoms with E-state index < -0.39 is 0 Å². The highest BCUT2D eigenvalue weighted by Gasteiger charge is 2.40. The number of ether oxygens (including phenoxy) is 2. The molecule has 1 aromatic heterocycles. The Balaban J connectivity index is 1.26. The molecule has 0 spiro atoms. The number of fused-ring (bicyclic) bond motifs is 3. The summed E-state index contributed by atoms with van der Waals surface area (Å²) in [5, 5.41) is 3.18. The summed E-state index contributed by atoms with van der Waals surface area (Å²) >= 11 is 1.36. The highest BCUT2D eigenvalue weighted by Crippen LogP contribution is 2.49. The monoisotopic (exact) mass is 374 g/mol. The number of methoxy groups -OCH3 is 1. The summed E-state index contributed by atoms with van der Waals surface area (Å²) in [6, 6.07) is 5.54. The number of amides is 1. The number of carbonyl (C=O) groups excluding carboxylic acids is 2. The fraction of sp³-hybridized carbons (Fsp3) is 0.526. The first kappa shape index (κ1) is 17.3. The van der Waals surface area contributed by atoms with Crippen molar-refractivity contribution in [2.24, 2.45) is 17.8 Å². The second-order valence-corrected chi connectivity index (χ2v) is 8.23. The zero-order valence-electron chi connectivity index (χ0n) is 14.7. The zero-order chi connectivity index (χ0) is 18.1. The summed E-state index contributed by atoms with van der Waals surface area (Å²) in [6.45, 7) is -0.265. The molecule has 138 valence electrons. The predicted octanol–water partition coefficient (Wildman–Crippen LogP) is 3.61. The van der Waals surface area contributed by atoms with Crippen LogP contribution in [0.4, 0.5) is 5.13 Å². The zero-order valence-corrected chi connectivity index (χ0v) is 15.5. The van der Waals surface area contributed by atoms with Gasteiger partial charge in [-0.3, -0.25) is 14.9 Å². The molecule has 0 saturated heterocycles. The number of esters is 1. The van der Waals surface area contributed by atoms with Gasteiger partial charge in [-0.15, -0.1) is 0 Å². The Labute approximate surface area is 155 Å². The quantitative estimate of drug-likeness (QED) is 0.782. The molecule has 1 heterocycles. The van der Waals surface area contributed by atoms with Crippen molar-refractivity contribution in [3.05, 3.63) is 18.2 Å². The number of carbonyl (C=O) groups is 2. The minimum atomic E-state index is -0.364. The largest absolute Gasteiger partial charge is 0.497 e. The van der Waals surface area contributed by atoms with E-state index in [0.717, 1.165) is 28.3 Å². The van der Waals surface area contributed by atoms with Crippen LogP contribution in [0.25, 0.3) is 10.2 Å². The molecule has 2 saturated carbocycles. The van der Waals surface area contributed by atoms with E-state index in [2.05, 4.69) is 10.3 Å². The van der Waals surface area contributed by atoms with Crippen molar-refractivity contribution in [3.63, 3.8) is 0 Å². The molecular formula is C19H22N2O4S. The van der Waals surface area contributed by atoms with E-state index in [1.165, 1.54) is 30.6 Å². The number of benzene rings is 1. The second-order valence-electron chi connectivity index (χ2n) is 7.20. The number of rotatable bonds is 6. The van der Waals surface area contributed by atoms with Gasteiger partial charge in [-0.05, 0) is 55.2 Å². The predicted molar refractivity (Wildman–Crippen MR) is 99.3 cm³/mol. The fourth-order valence-electron chi connectivity index (χ4n) is 4.29. The highest BCUT2D eigenvalue weighted by molar-refractivity contribution is 7.22. The smallest absolute Gasteiger partial charge is 0.306 e. The van der Waals surface area contributed by atoms with Crippen molar-refractivity contribution >= 4 is 38.6 Å². The topological polar surface area (TPSA) is 77.5 Å². The maximum Gasteiger partial charge on any atom is 0.306 e. The van der Waals surface area contributed by atoms with Gasteiger partial charge >= 0.3 is 5.97 Å². The van der Waals surface area contributed by atoms with Crippen LogP contribution >= 0.6 is 11.3 Å². The molecule has 3 unspecified atom stereocenters. The van der Waals surface area contributed by atoms with Gasteiger partial charge in [0.25, 0.3) is 5.91 Å². The summed E-state index contributed by atoms with van der Waals surface area (Å²) < 4.78 is 11.3. The van der Waals surface area contributed by atoms with Gasteiger partial charge in [-0.25, -0.2) is 4.98 Å². The molecule has 26 heavy (non-hydrogen) atoms. The average Bonchev–Trinajstić information content (AvgIpc) is 3.33. The lowest BCUT2D eigenvalue weighted by molar-refractivity contribution is -0.148. The fourth-order valence-corrected chi connectivity index (χ4v) is 5.20. The molecule has 2 fully saturated rings. The first-order valence-corrected chi connectivity index (χ1v) is 9.82. The first-order chi connectivity index (χ1) is 12.6. The van der Waals surface area contributed by atoms with Gasteiger partial charge in [0.15, 0.2) is 11.7 Å². The Morgan fingerprint density at radius 3 is 2.92 bits per heavy atom. The Bertz CT molecular complexity index is 834. The van der Waals surface area contributed by atoms with Crippen molar-refractivity contribution in [3.8, 4) is 5.75 Å². The van der Waals surface area contributed by atoms with Gasteiger partial charge in [0.05, 0.1) is 17.3 Å². The molecule has 2 aliphatic rings. The van der Waals surface area contributed by atoms with E-state index in [1.807, 2.05) is 18.2 Å². The van der Waals surface area contributed by atoms with Gasteiger partial charge in [-0.2, -0.15) is 0 Å². The molecule has 0 radical (unpaired) electrons. The molecule has 1 aromatic carbocycles. The number of anilines is 1. The van der Waals surface area contributed by atoms with E-state index >= 15 is 0 Å². The molecule has 2 bridgehead atoms. The van der Waals surface area contributed by atoms with Gasteiger partial charge in [0.1, 0.15) is 5.75 Å². The van der Waals surface area contributed by atoms with Crippen molar-refractivity contribution in [2.45, 2.75) is 32.1 Å². The number of nitrogens with zero attached hydrogens (tertiary/aromatic N) is 1. The molecule has 1 N–H and O–H groups in total. The van der Waals surface area contributed by atoms with Crippen LogP contribution in [0.3, 0.4) is 0 Å². The van der Waals surface area contributed by atoms with Crippen LogP contribution in [0.1, 0.15) is 32.1 Å².